The second kappa shape index (κ2) is 1.99. The van der Waals surface area contributed by atoms with E-state index >= 15 is 0 Å². The lowest BCUT2D eigenvalue weighted by atomic mass is 9.92. The van der Waals surface area contributed by atoms with Crippen molar-refractivity contribution in [1.29, 1.82) is 0 Å². The Hall–Kier alpha value is -0.570. The van der Waals surface area contributed by atoms with E-state index < -0.39 is 0 Å². The summed E-state index contributed by atoms with van der Waals surface area (Å²) in [7, 11) is 0. The predicted octanol–water partition coefficient (Wildman–Crippen LogP) is -0.386. The van der Waals surface area contributed by atoms with E-state index in [2.05, 4.69) is 5.32 Å². The summed E-state index contributed by atoms with van der Waals surface area (Å²) >= 11 is 0. The number of hydrogen-bond donors (Lipinski definition) is 2. The Kier molecular flexibility index (Phi) is 1.45. The largest absolute Gasteiger partial charge is 0.356 e. The van der Waals surface area contributed by atoms with Gasteiger partial charge in [0.2, 0.25) is 5.91 Å². The molecule has 1 atom stereocenters. The third kappa shape index (κ3) is 1.68. The van der Waals surface area contributed by atoms with Gasteiger partial charge in [-0.1, -0.05) is 0 Å². The van der Waals surface area contributed by atoms with Crippen molar-refractivity contribution in [2.24, 2.45) is 5.73 Å². The molecule has 0 saturated carbocycles. The van der Waals surface area contributed by atoms with Crippen LogP contribution in [0.5, 0.6) is 0 Å². The zero-order chi connectivity index (χ0) is 6.91. The van der Waals surface area contributed by atoms with Crippen molar-refractivity contribution in [2.75, 3.05) is 6.54 Å². The minimum absolute atomic E-state index is 0.0752. The van der Waals surface area contributed by atoms with E-state index in [9.17, 15) is 4.79 Å². The van der Waals surface area contributed by atoms with E-state index in [-0.39, 0.29) is 11.4 Å². The number of rotatable bonds is 0. The Morgan fingerprint density at radius 1 is 1.78 bits per heavy atom. The average Bonchev–Trinajstić information content (AvgIpc) is 1.60. The van der Waals surface area contributed by atoms with Gasteiger partial charge in [-0.05, 0) is 13.3 Å². The Bertz CT molecular complexity index is 131. The highest BCUT2D eigenvalue weighted by molar-refractivity contribution is 5.77. The van der Waals surface area contributed by atoms with Gasteiger partial charge in [0.05, 0.1) is 0 Å². The molecule has 1 aliphatic rings. The topological polar surface area (TPSA) is 55.1 Å². The molecular formula is C6H12N2O. The number of hydrogen-bond acceptors (Lipinski definition) is 2. The summed E-state index contributed by atoms with van der Waals surface area (Å²) in [6, 6.07) is 0. The van der Waals surface area contributed by atoms with Gasteiger partial charge in [-0.25, -0.2) is 0 Å². The van der Waals surface area contributed by atoms with Gasteiger partial charge in [-0.2, -0.15) is 0 Å². The number of piperidine rings is 1. The number of amides is 1. The van der Waals surface area contributed by atoms with Gasteiger partial charge in [0.1, 0.15) is 0 Å². The fourth-order valence-corrected chi connectivity index (χ4v) is 1.01. The van der Waals surface area contributed by atoms with Crippen LogP contribution < -0.4 is 11.1 Å². The molecule has 0 aromatic heterocycles. The maximum atomic E-state index is 10.7. The highest BCUT2D eigenvalue weighted by Gasteiger charge is 2.25. The molecule has 52 valence electrons. The normalized spacial score (nSPS) is 36.0. The molecule has 1 heterocycles. The SMILES string of the molecule is CC1(N)CCNC(=O)C1. The van der Waals surface area contributed by atoms with Crippen LogP contribution in [-0.2, 0) is 4.79 Å². The molecule has 0 spiro atoms. The molecule has 3 heteroatoms. The quantitative estimate of drug-likeness (QED) is 0.467. The minimum Gasteiger partial charge on any atom is -0.356 e. The fraction of sp³-hybridized carbons (Fsp3) is 0.833. The summed E-state index contributed by atoms with van der Waals surface area (Å²) in [5.74, 6) is 0.0752. The van der Waals surface area contributed by atoms with Gasteiger partial charge in [0.15, 0.2) is 0 Å². The van der Waals surface area contributed by atoms with Crippen molar-refractivity contribution in [2.45, 2.75) is 25.3 Å². The van der Waals surface area contributed by atoms with E-state index in [0.717, 1.165) is 13.0 Å². The number of nitrogens with two attached hydrogens (primary N) is 1. The molecule has 3 N–H and O–H groups in total. The van der Waals surface area contributed by atoms with Gasteiger partial charge in [-0.15, -0.1) is 0 Å². The molecule has 0 bridgehead atoms. The zero-order valence-corrected chi connectivity index (χ0v) is 5.61. The van der Waals surface area contributed by atoms with Crippen LogP contribution in [0.25, 0.3) is 0 Å². The molecule has 1 aliphatic heterocycles. The molecule has 9 heavy (non-hydrogen) atoms. The third-order valence-corrected chi connectivity index (χ3v) is 1.58. The first-order valence-electron chi connectivity index (χ1n) is 3.16. The summed E-state index contributed by atoms with van der Waals surface area (Å²) in [4.78, 5) is 10.7. The Balaban J connectivity index is 2.51. The van der Waals surface area contributed by atoms with Crippen LogP contribution in [0.15, 0.2) is 0 Å². The van der Waals surface area contributed by atoms with Gasteiger partial charge < -0.3 is 11.1 Å². The molecular weight excluding hydrogens is 116 g/mol. The van der Waals surface area contributed by atoms with Gasteiger partial charge >= 0.3 is 0 Å². The first-order valence-corrected chi connectivity index (χ1v) is 3.16. The summed E-state index contributed by atoms with van der Waals surface area (Å²) in [6.45, 7) is 2.64. The van der Waals surface area contributed by atoms with Crippen LogP contribution in [0, 0.1) is 0 Å². The molecule has 3 nitrogen and oxygen atoms in total. The standard InChI is InChI=1S/C6H12N2O/c1-6(7)2-3-8-5(9)4-6/h2-4,7H2,1H3,(H,8,9). The summed E-state index contributed by atoms with van der Waals surface area (Å²) in [5.41, 5.74) is 5.45. The van der Waals surface area contributed by atoms with Gasteiger partial charge in [-0.3, -0.25) is 4.79 Å². The van der Waals surface area contributed by atoms with E-state index in [0.29, 0.717) is 6.42 Å². The van der Waals surface area contributed by atoms with Crippen molar-refractivity contribution < 1.29 is 4.79 Å². The van der Waals surface area contributed by atoms with Crippen molar-refractivity contribution >= 4 is 5.91 Å². The van der Waals surface area contributed by atoms with Crippen LogP contribution >= 0.6 is 0 Å². The van der Waals surface area contributed by atoms with Crippen LogP contribution in [-0.4, -0.2) is 18.0 Å². The van der Waals surface area contributed by atoms with E-state index in [1.807, 2.05) is 6.92 Å². The van der Waals surface area contributed by atoms with E-state index in [4.69, 9.17) is 5.73 Å². The van der Waals surface area contributed by atoms with Crippen molar-refractivity contribution in [3.05, 3.63) is 0 Å². The lowest BCUT2D eigenvalue weighted by Crippen LogP contribution is -2.49. The highest BCUT2D eigenvalue weighted by atomic mass is 16.1. The molecule has 0 aliphatic carbocycles. The Morgan fingerprint density at radius 2 is 2.44 bits per heavy atom. The lowest BCUT2D eigenvalue weighted by Gasteiger charge is -2.28. The number of carbonyl (C=O) groups excluding carboxylic acids is 1. The van der Waals surface area contributed by atoms with Gasteiger partial charge in [0.25, 0.3) is 0 Å². The smallest absolute Gasteiger partial charge is 0.221 e. The Morgan fingerprint density at radius 3 is 2.78 bits per heavy atom. The molecule has 0 aromatic carbocycles. The molecule has 1 amide bonds. The summed E-state index contributed by atoms with van der Waals surface area (Å²) < 4.78 is 0. The first-order chi connectivity index (χ1) is 4.10. The molecule has 0 radical (unpaired) electrons. The maximum absolute atomic E-state index is 10.7. The van der Waals surface area contributed by atoms with Crippen LogP contribution in [0.4, 0.5) is 0 Å². The monoisotopic (exact) mass is 128 g/mol. The Labute approximate surface area is 54.6 Å². The lowest BCUT2D eigenvalue weighted by molar-refractivity contribution is -0.123. The van der Waals surface area contributed by atoms with E-state index in [1.54, 1.807) is 0 Å². The first kappa shape index (κ1) is 6.55. The average molecular weight is 128 g/mol. The molecule has 1 fully saturated rings. The van der Waals surface area contributed by atoms with Crippen LogP contribution in [0.3, 0.4) is 0 Å². The van der Waals surface area contributed by atoms with Crippen molar-refractivity contribution in [3.8, 4) is 0 Å². The minimum atomic E-state index is -0.262. The number of carbonyl (C=O) groups is 1. The third-order valence-electron chi connectivity index (χ3n) is 1.58. The summed E-state index contributed by atoms with van der Waals surface area (Å²) in [6.07, 6.45) is 1.35. The molecule has 0 aromatic rings. The molecule has 1 unspecified atom stereocenters. The number of nitrogens with one attached hydrogen (secondary N) is 1. The van der Waals surface area contributed by atoms with Crippen LogP contribution in [0.2, 0.25) is 0 Å². The summed E-state index contributed by atoms with van der Waals surface area (Å²) in [5, 5.41) is 2.72. The molecule has 1 saturated heterocycles. The fourth-order valence-electron chi connectivity index (χ4n) is 1.01. The predicted molar refractivity (Wildman–Crippen MR) is 34.8 cm³/mol. The van der Waals surface area contributed by atoms with Crippen molar-refractivity contribution in [3.63, 3.8) is 0 Å². The molecule has 1 rings (SSSR count). The highest BCUT2D eigenvalue weighted by Crippen LogP contribution is 2.13. The van der Waals surface area contributed by atoms with Gasteiger partial charge in [0, 0.05) is 18.5 Å². The second-order valence-corrected chi connectivity index (χ2v) is 2.93. The zero-order valence-electron chi connectivity index (χ0n) is 5.61. The van der Waals surface area contributed by atoms with Crippen LogP contribution in [0.1, 0.15) is 19.8 Å². The maximum Gasteiger partial charge on any atom is 0.221 e. The van der Waals surface area contributed by atoms with E-state index in [1.165, 1.54) is 0 Å². The second-order valence-electron chi connectivity index (χ2n) is 2.93. The van der Waals surface area contributed by atoms with Crippen molar-refractivity contribution in [1.82, 2.24) is 5.32 Å².